The Hall–Kier alpha value is -2.52. The maximum Gasteiger partial charge on any atom is 0.231 e. The molecule has 3 nitrogen and oxygen atoms in total. The third-order valence-corrected chi connectivity index (χ3v) is 4.53. The molecule has 2 aromatic rings. The molecular weight excluding hydrogens is 300 g/mol. The number of hydrogen-bond donors (Lipinski definition) is 1. The SMILES string of the molecule is OC(/C=C/c1ccc2c(c1)OCO2)c1ccc(C2=CCCC2)cc1. The van der Waals surface area contributed by atoms with Crippen molar-refractivity contribution >= 4 is 11.6 Å². The van der Waals surface area contributed by atoms with Gasteiger partial charge in [-0.25, -0.2) is 0 Å². The van der Waals surface area contributed by atoms with Crippen molar-refractivity contribution in [2.24, 2.45) is 0 Å². The zero-order chi connectivity index (χ0) is 16.4. The minimum atomic E-state index is -0.623. The zero-order valence-corrected chi connectivity index (χ0v) is 13.4. The third kappa shape index (κ3) is 3.08. The molecule has 1 heterocycles. The van der Waals surface area contributed by atoms with Crippen LogP contribution in [0.15, 0.2) is 54.6 Å². The smallest absolute Gasteiger partial charge is 0.231 e. The van der Waals surface area contributed by atoms with Crippen molar-refractivity contribution < 1.29 is 14.6 Å². The molecule has 0 spiro atoms. The number of aliphatic hydroxyl groups is 1. The first kappa shape index (κ1) is 15.0. The molecule has 1 unspecified atom stereocenters. The molecule has 0 fully saturated rings. The fourth-order valence-electron chi connectivity index (χ4n) is 3.16. The van der Waals surface area contributed by atoms with E-state index < -0.39 is 6.10 Å². The second kappa shape index (κ2) is 6.54. The lowest BCUT2D eigenvalue weighted by molar-refractivity contribution is 0.174. The van der Waals surface area contributed by atoms with Crippen molar-refractivity contribution in [2.75, 3.05) is 6.79 Å². The monoisotopic (exact) mass is 320 g/mol. The van der Waals surface area contributed by atoms with E-state index in [9.17, 15) is 5.11 Å². The van der Waals surface area contributed by atoms with E-state index in [1.54, 1.807) is 6.08 Å². The summed E-state index contributed by atoms with van der Waals surface area (Å²) in [7, 11) is 0. The van der Waals surface area contributed by atoms with E-state index in [0.717, 1.165) is 29.0 Å². The highest BCUT2D eigenvalue weighted by molar-refractivity contribution is 5.67. The molecule has 0 saturated heterocycles. The molecule has 24 heavy (non-hydrogen) atoms. The number of hydrogen-bond acceptors (Lipinski definition) is 3. The van der Waals surface area contributed by atoms with Gasteiger partial charge in [0.05, 0.1) is 6.10 Å². The van der Waals surface area contributed by atoms with Crippen LogP contribution in [0.1, 0.15) is 42.1 Å². The van der Waals surface area contributed by atoms with Crippen LogP contribution < -0.4 is 9.47 Å². The van der Waals surface area contributed by atoms with Crippen LogP contribution in [0.3, 0.4) is 0 Å². The Balaban J connectivity index is 1.46. The van der Waals surface area contributed by atoms with Crippen molar-refractivity contribution in [1.82, 2.24) is 0 Å². The Morgan fingerprint density at radius 1 is 1.00 bits per heavy atom. The highest BCUT2D eigenvalue weighted by atomic mass is 16.7. The summed E-state index contributed by atoms with van der Waals surface area (Å²) in [6.45, 7) is 0.272. The zero-order valence-electron chi connectivity index (χ0n) is 13.4. The maximum atomic E-state index is 10.4. The standard InChI is InChI=1S/C21H20O3/c22-19(11-5-15-6-12-20-21(13-15)24-14-23-20)18-9-7-17(8-10-18)16-3-1-2-4-16/h3,5-13,19,22H,1-2,4,14H2/b11-5+. The van der Waals surface area contributed by atoms with Gasteiger partial charge in [0.15, 0.2) is 11.5 Å². The highest BCUT2D eigenvalue weighted by Crippen LogP contribution is 2.33. The summed E-state index contributed by atoms with van der Waals surface area (Å²) in [6.07, 6.45) is 8.97. The third-order valence-electron chi connectivity index (χ3n) is 4.53. The van der Waals surface area contributed by atoms with Gasteiger partial charge >= 0.3 is 0 Å². The number of rotatable bonds is 4. The minimum absolute atomic E-state index is 0.272. The topological polar surface area (TPSA) is 38.7 Å². The Bertz CT molecular complexity index is 787. The normalized spacial score (nSPS) is 17.3. The molecule has 4 rings (SSSR count). The van der Waals surface area contributed by atoms with E-state index >= 15 is 0 Å². The van der Waals surface area contributed by atoms with E-state index in [0.29, 0.717) is 0 Å². The van der Waals surface area contributed by atoms with Crippen LogP contribution in [0.25, 0.3) is 11.6 Å². The number of allylic oxidation sites excluding steroid dienone is 2. The predicted molar refractivity (Wildman–Crippen MR) is 94.8 cm³/mol. The molecule has 1 atom stereocenters. The van der Waals surface area contributed by atoms with Gasteiger partial charge in [-0.1, -0.05) is 48.6 Å². The minimum Gasteiger partial charge on any atom is -0.454 e. The van der Waals surface area contributed by atoms with E-state index in [4.69, 9.17) is 9.47 Å². The van der Waals surface area contributed by atoms with E-state index in [1.165, 1.54) is 24.0 Å². The van der Waals surface area contributed by atoms with E-state index in [-0.39, 0.29) is 6.79 Å². The summed E-state index contributed by atoms with van der Waals surface area (Å²) in [5, 5.41) is 10.4. The Morgan fingerprint density at radius 3 is 2.62 bits per heavy atom. The number of aliphatic hydroxyl groups excluding tert-OH is 1. The summed E-state index contributed by atoms with van der Waals surface area (Å²) < 4.78 is 10.7. The summed E-state index contributed by atoms with van der Waals surface area (Å²) in [4.78, 5) is 0. The van der Waals surface area contributed by atoms with Gasteiger partial charge in [0, 0.05) is 0 Å². The fourth-order valence-corrected chi connectivity index (χ4v) is 3.16. The molecule has 1 aliphatic heterocycles. The summed E-state index contributed by atoms with van der Waals surface area (Å²) in [5.41, 5.74) is 4.57. The number of fused-ring (bicyclic) bond motifs is 1. The first-order valence-corrected chi connectivity index (χ1v) is 8.35. The van der Waals surface area contributed by atoms with Gasteiger partial charge in [-0.3, -0.25) is 0 Å². The molecule has 0 saturated carbocycles. The Kier molecular flexibility index (Phi) is 4.09. The first-order chi connectivity index (χ1) is 11.8. The van der Waals surface area contributed by atoms with Crippen molar-refractivity contribution in [3.05, 3.63) is 71.3 Å². The molecule has 0 amide bonds. The van der Waals surface area contributed by atoms with Gasteiger partial charge in [-0.2, -0.15) is 0 Å². The largest absolute Gasteiger partial charge is 0.454 e. The van der Waals surface area contributed by atoms with Crippen LogP contribution in [0.4, 0.5) is 0 Å². The van der Waals surface area contributed by atoms with Crippen LogP contribution in [0.2, 0.25) is 0 Å². The lowest BCUT2D eigenvalue weighted by Gasteiger charge is -2.08. The van der Waals surface area contributed by atoms with Gasteiger partial charge in [-0.15, -0.1) is 0 Å². The van der Waals surface area contributed by atoms with Gasteiger partial charge in [0.2, 0.25) is 6.79 Å². The second-order valence-electron chi connectivity index (χ2n) is 6.16. The molecule has 2 aliphatic rings. The quantitative estimate of drug-likeness (QED) is 0.885. The van der Waals surface area contributed by atoms with E-state index in [2.05, 4.69) is 18.2 Å². The van der Waals surface area contributed by atoms with Crippen molar-refractivity contribution in [1.29, 1.82) is 0 Å². The Labute approximate surface area is 141 Å². The molecule has 3 heteroatoms. The average molecular weight is 320 g/mol. The van der Waals surface area contributed by atoms with Crippen LogP contribution in [-0.2, 0) is 0 Å². The van der Waals surface area contributed by atoms with Gasteiger partial charge < -0.3 is 14.6 Å². The van der Waals surface area contributed by atoms with E-state index in [1.807, 2.05) is 36.4 Å². The maximum absolute atomic E-state index is 10.4. The highest BCUT2D eigenvalue weighted by Gasteiger charge is 2.12. The van der Waals surface area contributed by atoms with Crippen LogP contribution in [-0.4, -0.2) is 11.9 Å². The lowest BCUT2D eigenvalue weighted by Crippen LogP contribution is -1.93. The average Bonchev–Trinajstić information content (AvgIpc) is 3.31. The van der Waals surface area contributed by atoms with Crippen molar-refractivity contribution in [3.63, 3.8) is 0 Å². The van der Waals surface area contributed by atoms with Crippen molar-refractivity contribution in [2.45, 2.75) is 25.4 Å². The lowest BCUT2D eigenvalue weighted by atomic mass is 10.0. The van der Waals surface area contributed by atoms with Crippen LogP contribution in [0, 0.1) is 0 Å². The summed E-state index contributed by atoms with van der Waals surface area (Å²) >= 11 is 0. The predicted octanol–water partition coefficient (Wildman–Crippen LogP) is 4.73. The molecule has 0 radical (unpaired) electrons. The molecule has 0 bridgehead atoms. The first-order valence-electron chi connectivity index (χ1n) is 8.35. The van der Waals surface area contributed by atoms with Gasteiger partial charge in [-0.05, 0) is 53.7 Å². The number of benzene rings is 2. The van der Waals surface area contributed by atoms with Crippen LogP contribution in [0.5, 0.6) is 11.5 Å². The molecule has 0 aromatic heterocycles. The summed E-state index contributed by atoms with van der Waals surface area (Å²) in [5.74, 6) is 1.52. The van der Waals surface area contributed by atoms with Gasteiger partial charge in [0.1, 0.15) is 0 Å². The Morgan fingerprint density at radius 2 is 1.83 bits per heavy atom. The molecule has 1 aliphatic carbocycles. The molecule has 122 valence electrons. The molecular formula is C21H20O3. The molecule has 1 N–H and O–H groups in total. The second-order valence-corrected chi connectivity index (χ2v) is 6.16. The van der Waals surface area contributed by atoms with Crippen molar-refractivity contribution in [3.8, 4) is 11.5 Å². The molecule has 2 aromatic carbocycles. The van der Waals surface area contributed by atoms with Gasteiger partial charge in [0.25, 0.3) is 0 Å². The van der Waals surface area contributed by atoms with Crippen LogP contribution >= 0.6 is 0 Å². The number of ether oxygens (including phenoxy) is 2. The summed E-state index contributed by atoms with van der Waals surface area (Å²) in [6, 6.07) is 14.0. The fraction of sp³-hybridized carbons (Fsp3) is 0.238.